The lowest BCUT2D eigenvalue weighted by Gasteiger charge is -2.22. The van der Waals surface area contributed by atoms with Gasteiger partial charge in [-0.15, -0.1) is 0 Å². The number of benzene rings is 1. The first kappa shape index (κ1) is 13.8. The van der Waals surface area contributed by atoms with Gasteiger partial charge in [-0.3, -0.25) is 0 Å². The molecule has 0 radical (unpaired) electrons. The zero-order valence-corrected chi connectivity index (χ0v) is 11.2. The third-order valence-corrected chi connectivity index (χ3v) is 2.56. The van der Waals surface area contributed by atoms with Crippen molar-refractivity contribution in [2.24, 2.45) is 0 Å². The molecule has 0 heterocycles. The minimum atomic E-state index is -0.186. The van der Waals surface area contributed by atoms with Crippen LogP contribution in [0.4, 0.5) is 0 Å². The Bertz CT molecular complexity index is 369. The van der Waals surface area contributed by atoms with Crippen molar-refractivity contribution in [2.45, 2.75) is 46.5 Å². The highest BCUT2D eigenvalue weighted by Gasteiger charge is 2.12. The first-order chi connectivity index (χ1) is 8.08. The lowest BCUT2D eigenvalue weighted by atomic mass is 10.1. The molecule has 0 aliphatic rings. The van der Waals surface area contributed by atoms with Gasteiger partial charge < -0.3 is 9.47 Å². The molecule has 1 aromatic carbocycles. The van der Waals surface area contributed by atoms with E-state index in [1.54, 1.807) is 0 Å². The fourth-order valence-electron chi connectivity index (χ4n) is 1.63. The predicted octanol–water partition coefficient (Wildman–Crippen LogP) is 4.18. The van der Waals surface area contributed by atoms with Crippen molar-refractivity contribution in [3.05, 3.63) is 35.9 Å². The van der Waals surface area contributed by atoms with Crippen LogP contribution in [0, 0.1) is 6.92 Å². The van der Waals surface area contributed by atoms with Crippen molar-refractivity contribution in [1.29, 1.82) is 0 Å². The number of hydrogen-bond donors (Lipinski definition) is 0. The smallest absolute Gasteiger partial charge is 0.199 e. The molecule has 0 aliphatic carbocycles. The molecule has 0 spiro atoms. The van der Waals surface area contributed by atoms with Crippen molar-refractivity contribution in [2.75, 3.05) is 0 Å². The van der Waals surface area contributed by atoms with Crippen LogP contribution in [0.3, 0.4) is 0 Å². The van der Waals surface area contributed by atoms with Gasteiger partial charge in [0.1, 0.15) is 5.75 Å². The van der Waals surface area contributed by atoms with E-state index in [4.69, 9.17) is 9.47 Å². The quantitative estimate of drug-likeness (QED) is 0.687. The lowest BCUT2D eigenvalue weighted by Crippen LogP contribution is -2.23. The Kier molecular flexibility index (Phi) is 5.23. The van der Waals surface area contributed by atoms with Gasteiger partial charge >= 0.3 is 0 Å². The molecule has 0 aliphatic heterocycles. The highest BCUT2D eigenvalue weighted by atomic mass is 16.7. The molecule has 0 aromatic heterocycles. The van der Waals surface area contributed by atoms with E-state index in [9.17, 15) is 0 Å². The van der Waals surface area contributed by atoms with Crippen molar-refractivity contribution in [3.8, 4) is 5.75 Å². The molecule has 1 rings (SSSR count). The number of ether oxygens (including phenoxy) is 2. The van der Waals surface area contributed by atoms with Crippen LogP contribution in [-0.4, -0.2) is 12.4 Å². The maximum atomic E-state index is 5.88. The molecule has 1 aromatic rings. The third-order valence-electron chi connectivity index (χ3n) is 2.56. The summed E-state index contributed by atoms with van der Waals surface area (Å²) >= 11 is 0. The van der Waals surface area contributed by atoms with Crippen molar-refractivity contribution >= 4 is 6.08 Å². The molecule has 17 heavy (non-hydrogen) atoms. The van der Waals surface area contributed by atoms with Crippen LogP contribution in [0.1, 0.15) is 38.3 Å². The first-order valence-electron chi connectivity index (χ1n) is 6.12. The molecule has 0 saturated carbocycles. The van der Waals surface area contributed by atoms with Gasteiger partial charge in [0.2, 0.25) is 0 Å². The van der Waals surface area contributed by atoms with Crippen molar-refractivity contribution in [1.82, 2.24) is 0 Å². The van der Waals surface area contributed by atoms with Crippen LogP contribution in [0.15, 0.2) is 24.8 Å². The normalized spacial score (nSPS) is 12.5. The van der Waals surface area contributed by atoms with E-state index in [1.807, 2.05) is 45.0 Å². The highest BCUT2D eigenvalue weighted by Crippen LogP contribution is 2.24. The molecule has 2 heteroatoms. The van der Waals surface area contributed by atoms with E-state index in [2.05, 4.69) is 13.5 Å². The summed E-state index contributed by atoms with van der Waals surface area (Å²) in [6, 6.07) is 5.97. The van der Waals surface area contributed by atoms with Crippen LogP contribution in [0.5, 0.6) is 5.75 Å². The Labute approximate surface area is 104 Å². The zero-order valence-electron chi connectivity index (χ0n) is 11.2. The van der Waals surface area contributed by atoms with Crippen LogP contribution < -0.4 is 4.74 Å². The summed E-state index contributed by atoms with van der Waals surface area (Å²) in [5.41, 5.74) is 2.20. The molecule has 0 N–H and O–H groups in total. The van der Waals surface area contributed by atoms with Crippen molar-refractivity contribution in [3.63, 3.8) is 0 Å². The molecule has 0 bridgehead atoms. The second-order valence-corrected chi connectivity index (χ2v) is 4.31. The molecule has 1 atom stereocenters. The van der Waals surface area contributed by atoms with Gasteiger partial charge in [0.05, 0.1) is 6.10 Å². The predicted molar refractivity (Wildman–Crippen MR) is 72.2 cm³/mol. The minimum Gasteiger partial charge on any atom is -0.465 e. The van der Waals surface area contributed by atoms with E-state index in [-0.39, 0.29) is 12.4 Å². The summed E-state index contributed by atoms with van der Waals surface area (Å²) in [5.74, 6) is 0.870. The number of rotatable bonds is 6. The first-order valence-corrected chi connectivity index (χ1v) is 6.12. The minimum absolute atomic E-state index is 0.169. The standard InChI is InChI=1S/C15H22O2/c1-6-13-9-8-10-14(12(13)5)17-15(7-2)16-11(3)4/h6,8-11,15H,1,7H2,2-5H3. The molecule has 94 valence electrons. The largest absolute Gasteiger partial charge is 0.465 e. The third kappa shape index (κ3) is 3.90. The molecule has 0 fully saturated rings. The maximum absolute atomic E-state index is 5.88. The van der Waals surface area contributed by atoms with Gasteiger partial charge in [-0.1, -0.05) is 31.7 Å². The summed E-state index contributed by atoms with van der Waals surface area (Å²) < 4.78 is 11.6. The molecule has 2 nitrogen and oxygen atoms in total. The second-order valence-electron chi connectivity index (χ2n) is 4.31. The van der Waals surface area contributed by atoms with E-state index >= 15 is 0 Å². The second kappa shape index (κ2) is 6.45. The summed E-state index contributed by atoms with van der Waals surface area (Å²) in [6.07, 6.45) is 2.65. The average Bonchev–Trinajstić information content (AvgIpc) is 2.30. The molecular weight excluding hydrogens is 212 g/mol. The Balaban J connectivity index is 2.82. The van der Waals surface area contributed by atoms with Crippen LogP contribution in [-0.2, 0) is 4.74 Å². The highest BCUT2D eigenvalue weighted by molar-refractivity contribution is 5.55. The topological polar surface area (TPSA) is 18.5 Å². The van der Waals surface area contributed by atoms with Gasteiger partial charge in [-0.25, -0.2) is 0 Å². The lowest BCUT2D eigenvalue weighted by molar-refractivity contribution is -0.109. The van der Waals surface area contributed by atoms with E-state index in [0.717, 1.165) is 23.3 Å². The van der Waals surface area contributed by atoms with Gasteiger partial charge in [0.25, 0.3) is 0 Å². The number of hydrogen-bond acceptors (Lipinski definition) is 2. The summed E-state index contributed by atoms with van der Waals surface area (Å²) in [5, 5.41) is 0. The fraction of sp³-hybridized carbons (Fsp3) is 0.467. The van der Waals surface area contributed by atoms with Crippen LogP contribution in [0.25, 0.3) is 6.08 Å². The van der Waals surface area contributed by atoms with E-state index < -0.39 is 0 Å². The SMILES string of the molecule is C=Cc1cccc(OC(CC)OC(C)C)c1C. The fourth-order valence-corrected chi connectivity index (χ4v) is 1.63. The van der Waals surface area contributed by atoms with Gasteiger partial charge in [-0.05, 0) is 38.0 Å². The van der Waals surface area contributed by atoms with E-state index in [0.29, 0.717) is 0 Å². The van der Waals surface area contributed by atoms with Crippen LogP contribution >= 0.6 is 0 Å². The molecular formula is C15H22O2. The van der Waals surface area contributed by atoms with E-state index in [1.165, 1.54) is 0 Å². The van der Waals surface area contributed by atoms with Crippen molar-refractivity contribution < 1.29 is 9.47 Å². The molecule has 0 amide bonds. The molecule has 0 saturated heterocycles. The molecule has 1 unspecified atom stereocenters. The maximum Gasteiger partial charge on any atom is 0.199 e. The van der Waals surface area contributed by atoms with Gasteiger partial charge in [0, 0.05) is 6.42 Å². The zero-order chi connectivity index (χ0) is 12.8. The monoisotopic (exact) mass is 234 g/mol. The summed E-state index contributed by atoms with van der Waals surface area (Å²) in [7, 11) is 0. The summed E-state index contributed by atoms with van der Waals surface area (Å²) in [4.78, 5) is 0. The average molecular weight is 234 g/mol. The Morgan fingerprint density at radius 2 is 2.06 bits per heavy atom. The van der Waals surface area contributed by atoms with Gasteiger partial charge in [-0.2, -0.15) is 0 Å². The van der Waals surface area contributed by atoms with Crippen LogP contribution in [0.2, 0.25) is 0 Å². The Morgan fingerprint density at radius 3 is 2.59 bits per heavy atom. The Morgan fingerprint density at radius 1 is 1.35 bits per heavy atom. The Hall–Kier alpha value is -1.28. The summed E-state index contributed by atoms with van der Waals surface area (Å²) in [6.45, 7) is 11.9. The van der Waals surface area contributed by atoms with Gasteiger partial charge in [0.15, 0.2) is 6.29 Å².